The van der Waals surface area contributed by atoms with Crippen molar-refractivity contribution in [3.05, 3.63) is 78.4 Å². The molecular weight excluding hydrogens is 246 g/mol. The van der Waals surface area contributed by atoms with E-state index in [1.54, 1.807) is 6.08 Å². The lowest BCUT2D eigenvalue weighted by atomic mass is 10.1. The van der Waals surface area contributed by atoms with Gasteiger partial charge in [0.05, 0.1) is 0 Å². The van der Waals surface area contributed by atoms with Crippen LogP contribution in [0, 0.1) is 0 Å². The molecule has 2 rings (SSSR count). The Bertz CT molecular complexity index is 519. The van der Waals surface area contributed by atoms with E-state index in [1.807, 2.05) is 12.1 Å². The number of ether oxygens (including phenoxy) is 1. The molecule has 0 unspecified atom stereocenters. The molecule has 2 nitrogen and oxygen atoms in total. The highest BCUT2D eigenvalue weighted by molar-refractivity contribution is 5.27. The second kappa shape index (κ2) is 7.51. The molecule has 0 aliphatic rings. The second-order valence-corrected chi connectivity index (χ2v) is 4.88. The lowest BCUT2D eigenvalue weighted by Gasteiger charge is -2.11. The first-order chi connectivity index (χ1) is 9.79. The van der Waals surface area contributed by atoms with Gasteiger partial charge in [-0.15, -0.1) is 0 Å². The maximum atomic E-state index is 5.48. The summed E-state index contributed by atoms with van der Waals surface area (Å²) in [6.45, 7) is 7.40. The molecule has 0 aromatic heterocycles. The van der Waals surface area contributed by atoms with Gasteiger partial charge in [0.2, 0.25) is 0 Å². The molecule has 0 radical (unpaired) electrons. The fraction of sp³-hybridized carbons (Fsp3) is 0.222. The summed E-state index contributed by atoms with van der Waals surface area (Å²) in [5, 5.41) is 2.34. The van der Waals surface area contributed by atoms with E-state index in [1.165, 1.54) is 11.1 Å². The van der Waals surface area contributed by atoms with Crippen molar-refractivity contribution >= 4 is 0 Å². The van der Waals surface area contributed by atoms with Gasteiger partial charge in [-0.1, -0.05) is 43.0 Å². The molecule has 0 fully saturated rings. The smallest absolute Gasteiger partial charge is 0.119 e. The average molecular weight is 268 g/mol. The van der Waals surface area contributed by atoms with Crippen LogP contribution in [0.1, 0.15) is 24.1 Å². The predicted molar refractivity (Wildman–Crippen MR) is 82.6 cm³/mol. The molecule has 0 heterocycles. The highest BCUT2D eigenvalue weighted by atomic mass is 16.5. The van der Waals surface area contributed by atoms with Crippen LogP contribution in [0.4, 0.5) is 0 Å². The Balaban J connectivity index is 1.86. The highest BCUT2D eigenvalue weighted by Gasteiger charge is 2.07. The fourth-order valence-corrected chi connectivity index (χ4v) is 2.08. The summed E-state index contributed by atoms with van der Waals surface area (Å²) in [4.78, 5) is 0. The zero-order valence-corrected chi connectivity index (χ0v) is 12.0. The van der Waals surface area contributed by atoms with Crippen LogP contribution in [-0.2, 0) is 6.54 Å². The Labute approximate surface area is 121 Å². The molecule has 2 N–H and O–H groups in total. The molecule has 0 saturated carbocycles. The third-order valence-corrected chi connectivity index (χ3v) is 3.32. The molecule has 0 amide bonds. The summed E-state index contributed by atoms with van der Waals surface area (Å²) >= 11 is 0. The van der Waals surface area contributed by atoms with Crippen molar-refractivity contribution in [2.45, 2.75) is 19.5 Å². The van der Waals surface area contributed by atoms with Gasteiger partial charge in [0.25, 0.3) is 0 Å². The Morgan fingerprint density at radius 2 is 1.80 bits per heavy atom. The first kappa shape index (κ1) is 14.4. The van der Waals surface area contributed by atoms with Gasteiger partial charge in [0, 0.05) is 11.1 Å². The maximum absolute atomic E-state index is 5.48. The molecule has 104 valence electrons. The van der Waals surface area contributed by atoms with Gasteiger partial charge in [0.15, 0.2) is 0 Å². The summed E-state index contributed by atoms with van der Waals surface area (Å²) in [5.41, 5.74) is 2.66. The number of quaternary nitrogens is 1. The van der Waals surface area contributed by atoms with Crippen LogP contribution in [0.2, 0.25) is 0 Å². The van der Waals surface area contributed by atoms with E-state index >= 15 is 0 Å². The van der Waals surface area contributed by atoms with E-state index in [4.69, 9.17) is 4.74 Å². The van der Waals surface area contributed by atoms with E-state index in [-0.39, 0.29) is 0 Å². The van der Waals surface area contributed by atoms with E-state index in [0.29, 0.717) is 12.6 Å². The van der Waals surface area contributed by atoms with Crippen molar-refractivity contribution in [3.8, 4) is 5.75 Å². The van der Waals surface area contributed by atoms with Crippen LogP contribution in [0.15, 0.2) is 67.3 Å². The van der Waals surface area contributed by atoms with Gasteiger partial charge in [-0.3, -0.25) is 0 Å². The molecule has 0 aliphatic heterocycles. The Morgan fingerprint density at radius 3 is 2.45 bits per heavy atom. The van der Waals surface area contributed by atoms with Gasteiger partial charge >= 0.3 is 0 Å². The van der Waals surface area contributed by atoms with E-state index < -0.39 is 0 Å². The third kappa shape index (κ3) is 4.25. The minimum Gasteiger partial charge on any atom is -0.490 e. The number of benzene rings is 2. The molecule has 2 aromatic rings. The zero-order valence-electron chi connectivity index (χ0n) is 12.0. The monoisotopic (exact) mass is 268 g/mol. The minimum absolute atomic E-state index is 0.466. The van der Waals surface area contributed by atoms with Gasteiger partial charge in [-0.2, -0.15) is 0 Å². The van der Waals surface area contributed by atoms with Crippen molar-refractivity contribution in [2.24, 2.45) is 0 Å². The van der Waals surface area contributed by atoms with Crippen molar-refractivity contribution in [2.75, 3.05) is 6.61 Å². The normalized spacial score (nSPS) is 11.8. The number of hydrogen-bond acceptors (Lipinski definition) is 1. The maximum Gasteiger partial charge on any atom is 0.119 e. The summed E-state index contributed by atoms with van der Waals surface area (Å²) in [7, 11) is 0. The first-order valence-electron chi connectivity index (χ1n) is 7.00. The van der Waals surface area contributed by atoms with E-state index in [2.05, 4.69) is 61.3 Å². The van der Waals surface area contributed by atoms with E-state index in [0.717, 1.165) is 12.3 Å². The fourth-order valence-electron chi connectivity index (χ4n) is 2.08. The predicted octanol–water partition coefficient (Wildman–Crippen LogP) is 3.08. The zero-order chi connectivity index (χ0) is 14.2. The lowest BCUT2D eigenvalue weighted by Crippen LogP contribution is -2.83. The van der Waals surface area contributed by atoms with Crippen LogP contribution in [0.3, 0.4) is 0 Å². The number of rotatable bonds is 7. The quantitative estimate of drug-likeness (QED) is 0.767. The second-order valence-electron chi connectivity index (χ2n) is 4.88. The van der Waals surface area contributed by atoms with Crippen LogP contribution >= 0.6 is 0 Å². The Hall–Kier alpha value is -2.06. The Kier molecular flexibility index (Phi) is 5.39. The van der Waals surface area contributed by atoms with Crippen LogP contribution < -0.4 is 10.1 Å². The van der Waals surface area contributed by atoms with Crippen molar-refractivity contribution in [3.63, 3.8) is 0 Å². The molecule has 0 aliphatic carbocycles. The van der Waals surface area contributed by atoms with Gasteiger partial charge in [-0.05, 0) is 31.2 Å². The molecule has 2 heteroatoms. The molecule has 20 heavy (non-hydrogen) atoms. The largest absolute Gasteiger partial charge is 0.490 e. The highest BCUT2D eigenvalue weighted by Crippen LogP contribution is 2.12. The average Bonchev–Trinajstić information content (AvgIpc) is 2.52. The van der Waals surface area contributed by atoms with Gasteiger partial charge < -0.3 is 10.1 Å². The third-order valence-electron chi connectivity index (χ3n) is 3.32. The molecular formula is C18H22NO+. The summed E-state index contributed by atoms with van der Waals surface area (Å²) in [5.74, 6) is 0.893. The SMILES string of the molecule is C=CCOc1ccc(C[NH2+][C@@H](C)c2ccccc2)cc1. The number of nitrogens with two attached hydrogens (primary N) is 1. The van der Waals surface area contributed by atoms with Crippen LogP contribution in [0.25, 0.3) is 0 Å². The Morgan fingerprint density at radius 1 is 1.10 bits per heavy atom. The molecule has 0 saturated heterocycles. The number of hydrogen-bond donors (Lipinski definition) is 1. The molecule has 1 atom stereocenters. The first-order valence-corrected chi connectivity index (χ1v) is 7.00. The minimum atomic E-state index is 0.466. The van der Waals surface area contributed by atoms with Crippen LogP contribution in [0.5, 0.6) is 5.75 Å². The summed E-state index contributed by atoms with van der Waals surface area (Å²) in [6.07, 6.45) is 1.75. The summed E-state index contributed by atoms with van der Waals surface area (Å²) < 4.78 is 5.48. The molecule has 0 spiro atoms. The summed E-state index contributed by atoms with van der Waals surface area (Å²) in [6, 6.07) is 19.3. The topological polar surface area (TPSA) is 25.8 Å². The molecule has 0 bridgehead atoms. The molecule has 2 aromatic carbocycles. The van der Waals surface area contributed by atoms with E-state index in [9.17, 15) is 0 Å². The van der Waals surface area contributed by atoms with Gasteiger partial charge in [0.1, 0.15) is 24.9 Å². The standard InChI is InChI=1S/C18H21NO/c1-3-13-20-18-11-9-16(10-12-18)14-19-15(2)17-7-5-4-6-8-17/h3-12,15,19H,1,13-14H2,2H3/p+1/t15-/m0/s1. The van der Waals surface area contributed by atoms with Gasteiger partial charge in [-0.25, -0.2) is 0 Å². The van der Waals surface area contributed by atoms with Crippen molar-refractivity contribution < 1.29 is 10.1 Å². The van der Waals surface area contributed by atoms with Crippen molar-refractivity contribution in [1.29, 1.82) is 0 Å². The van der Waals surface area contributed by atoms with Crippen LogP contribution in [-0.4, -0.2) is 6.61 Å². The lowest BCUT2D eigenvalue weighted by molar-refractivity contribution is -0.707. The van der Waals surface area contributed by atoms with Crippen molar-refractivity contribution in [1.82, 2.24) is 0 Å².